The fourth-order valence-electron chi connectivity index (χ4n) is 5.38. The molecule has 1 heterocycles. The molecule has 0 radical (unpaired) electrons. The summed E-state index contributed by atoms with van der Waals surface area (Å²) in [6.07, 6.45) is 8.91. The SMILES string of the molecule is Cc1ncc(C#N)cc1C1C2CC3CC(C2)CC1C3. The van der Waals surface area contributed by atoms with E-state index in [0.717, 1.165) is 34.9 Å². The molecule has 0 saturated heterocycles. The second kappa shape index (κ2) is 4.07. The zero-order chi connectivity index (χ0) is 13.0. The number of pyridine rings is 1. The molecule has 4 fully saturated rings. The first-order valence-corrected chi connectivity index (χ1v) is 7.61. The third kappa shape index (κ3) is 1.71. The number of nitrogens with zero attached hydrogens (tertiary/aromatic N) is 2. The Bertz CT molecular complexity index is 527. The second-order valence-electron chi connectivity index (χ2n) is 6.97. The molecule has 5 rings (SSSR count). The Morgan fingerprint density at radius 1 is 1.11 bits per heavy atom. The fraction of sp³-hybridized carbons (Fsp3) is 0.647. The van der Waals surface area contributed by atoms with Gasteiger partial charge in [-0.1, -0.05) is 0 Å². The molecule has 0 N–H and O–H groups in total. The molecule has 98 valence electrons. The summed E-state index contributed by atoms with van der Waals surface area (Å²) in [6, 6.07) is 4.37. The lowest BCUT2D eigenvalue weighted by atomic mass is 9.50. The molecular formula is C17H20N2. The van der Waals surface area contributed by atoms with E-state index in [-0.39, 0.29) is 0 Å². The fourth-order valence-corrected chi connectivity index (χ4v) is 5.38. The Morgan fingerprint density at radius 2 is 1.74 bits per heavy atom. The summed E-state index contributed by atoms with van der Waals surface area (Å²) in [7, 11) is 0. The Kier molecular flexibility index (Phi) is 2.45. The van der Waals surface area contributed by atoms with Gasteiger partial charge in [0.2, 0.25) is 0 Å². The van der Waals surface area contributed by atoms with Crippen molar-refractivity contribution in [1.29, 1.82) is 5.26 Å². The van der Waals surface area contributed by atoms with E-state index in [1.165, 1.54) is 37.7 Å². The van der Waals surface area contributed by atoms with Crippen molar-refractivity contribution in [2.24, 2.45) is 23.7 Å². The Morgan fingerprint density at radius 3 is 2.32 bits per heavy atom. The van der Waals surface area contributed by atoms with Crippen molar-refractivity contribution >= 4 is 0 Å². The summed E-state index contributed by atoms with van der Waals surface area (Å²) in [5.74, 6) is 4.43. The van der Waals surface area contributed by atoms with Crippen LogP contribution >= 0.6 is 0 Å². The third-order valence-electron chi connectivity index (χ3n) is 5.84. The molecule has 1 aromatic rings. The molecule has 4 aliphatic rings. The van der Waals surface area contributed by atoms with Gasteiger partial charge in [0.25, 0.3) is 0 Å². The third-order valence-corrected chi connectivity index (χ3v) is 5.84. The van der Waals surface area contributed by atoms with E-state index in [4.69, 9.17) is 5.26 Å². The van der Waals surface area contributed by atoms with E-state index >= 15 is 0 Å². The van der Waals surface area contributed by atoms with Crippen LogP contribution in [0.3, 0.4) is 0 Å². The quantitative estimate of drug-likeness (QED) is 0.762. The maximum Gasteiger partial charge on any atom is 0.101 e. The molecule has 2 heteroatoms. The molecule has 0 atom stereocenters. The summed E-state index contributed by atoms with van der Waals surface area (Å²) >= 11 is 0. The predicted octanol–water partition coefficient (Wildman–Crippen LogP) is 3.80. The molecule has 0 unspecified atom stereocenters. The van der Waals surface area contributed by atoms with E-state index in [1.807, 2.05) is 0 Å². The van der Waals surface area contributed by atoms with Crippen LogP contribution in [0.25, 0.3) is 0 Å². The smallest absolute Gasteiger partial charge is 0.101 e. The van der Waals surface area contributed by atoms with Gasteiger partial charge < -0.3 is 0 Å². The number of nitriles is 1. The summed E-state index contributed by atoms with van der Waals surface area (Å²) in [5.41, 5.74) is 3.26. The van der Waals surface area contributed by atoms with Crippen molar-refractivity contribution in [2.75, 3.05) is 0 Å². The highest BCUT2D eigenvalue weighted by molar-refractivity contribution is 5.36. The van der Waals surface area contributed by atoms with Crippen LogP contribution in [0.2, 0.25) is 0 Å². The monoisotopic (exact) mass is 252 g/mol. The van der Waals surface area contributed by atoms with E-state index in [9.17, 15) is 0 Å². The largest absolute Gasteiger partial charge is 0.260 e. The minimum atomic E-state index is 0.689. The molecule has 1 aromatic heterocycles. The zero-order valence-corrected chi connectivity index (χ0v) is 11.5. The van der Waals surface area contributed by atoms with Crippen LogP contribution in [0.4, 0.5) is 0 Å². The lowest BCUT2D eigenvalue weighted by molar-refractivity contribution is -0.00311. The highest BCUT2D eigenvalue weighted by atomic mass is 14.7. The average Bonchev–Trinajstić information content (AvgIpc) is 2.39. The molecule has 0 amide bonds. The van der Waals surface area contributed by atoms with Crippen molar-refractivity contribution in [3.8, 4) is 6.07 Å². The van der Waals surface area contributed by atoms with E-state index in [1.54, 1.807) is 6.20 Å². The van der Waals surface area contributed by atoms with Crippen LogP contribution < -0.4 is 0 Å². The molecule has 0 aliphatic heterocycles. The summed E-state index contributed by atoms with van der Waals surface area (Å²) < 4.78 is 0. The molecule has 4 saturated carbocycles. The van der Waals surface area contributed by atoms with Gasteiger partial charge in [-0.2, -0.15) is 5.26 Å². The van der Waals surface area contributed by atoms with E-state index in [0.29, 0.717) is 5.92 Å². The summed E-state index contributed by atoms with van der Waals surface area (Å²) in [6.45, 7) is 2.11. The molecule has 2 nitrogen and oxygen atoms in total. The molecule has 4 bridgehead atoms. The van der Waals surface area contributed by atoms with Gasteiger partial charge in [0.05, 0.1) is 5.56 Å². The summed E-state index contributed by atoms with van der Waals surface area (Å²) in [4.78, 5) is 4.46. The zero-order valence-electron chi connectivity index (χ0n) is 11.5. The lowest BCUT2D eigenvalue weighted by Crippen LogP contribution is -2.44. The van der Waals surface area contributed by atoms with Crippen LogP contribution in [-0.2, 0) is 0 Å². The van der Waals surface area contributed by atoms with Crippen LogP contribution in [-0.4, -0.2) is 4.98 Å². The van der Waals surface area contributed by atoms with Crippen LogP contribution in [0.1, 0.15) is 54.8 Å². The Hall–Kier alpha value is -1.36. The van der Waals surface area contributed by atoms with Crippen molar-refractivity contribution in [2.45, 2.75) is 44.9 Å². The number of aryl methyl sites for hydroxylation is 1. The first-order chi connectivity index (χ1) is 9.24. The molecular weight excluding hydrogens is 232 g/mol. The van der Waals surface area contributed by atoms with Crippen LogP contribution in [0.5, 0.6) is 0 Å². The van der Waals surface area contributed by atoms with E-state index < -0.39 is 0 Å². The van der Waals surface area contributed by atoms with E-state index in [2.05, 4.69) is 24.0 Å². The van der Waals surface area contributed by atoms with Crippen LogP contribution in [0.15, 0.2) is 12.3 Å². The van der Waals surface area contributed by atoms with Gasteiger partial charge in [-0.05, 0) is 80.2 Å². The Balaban J connectivity index is 1.75. The first-order valence-electron chi connectivity index (χ1n) is 7.61. The molecule has 4 aliphatic carbocycles. The maximum atomic E-state index is 9.11. The maximum absolute atomic E-state index is 9.11. The number of hydrogen-bond acceptors (Lipinski definition) is 2. The summed E-state index contributed by atoms with van der Waals surface area (Å²) in [5, 5.41) is 9.11. The number of hydrogen-bond donors (Lipinski definition) is 0. The van der Waals surface area contributed by atoms with Gasteiger partial charge in [-0.15, -0.1) is 0 Å². The van der Waals surface area contributed by atoms with Crippen molar-refractivity contribution < 1.29 is 0 Å². The topological polar surface area (TPSA) is 36.7 Å². The van der Waals surface area contributed by atoms with Gasteiger partial charge >= 0.3 is 0 Å². The molecule has 0 aromatic carbocycles. The highest BCUT2D eigenvalue weighted by Gasteiger charge is 2.48. The highest BCUT2D eigenvalue weighted by Crippen LogP contribution is 2.60. The first kappa shape index (κ1) is 11.5. The lowest BCUT2D eigenvalue weighted by Gasteiger charge is -2.54. The molecule has 19 heavy (non-hydrogen) atoms. The normalized spacial score (nSPS) is 39.3. The van der Waals surface area contributed by atoms with Crippen LogP contribution in [0, 0.1) is 41.9 Å². The van der Waals surface area contributed by atoms with Gasteiger partial charge in [0, 0.05) is 11.9 Å². The average molecular weight is 252 g/mol. The number of rotatable bonds is 1. The van der Waals surface area contributed by atoms with Gasteiger partial charge in [-0.25, -0.2) is 0 Å². The minimum absolute atomic E-state index is 0.689. The number of aromatic nitrogens is 1. The van der Waals surface area contributed by atoms with Crippen molar-refractivity contribution in [3.05, 3.63) is 29.1 Å². The second-order valence-corrected chi connectivity index (χ2v) is 6.97. The van der Waals surface area contributed by atoms with Crippen molar-refractivity contribution in [3.63, 3.8) is 0 Å². The Labute approximate surface area is 114 Å². The van der Waals surface area contributed by atoms with Crippen molar-refractivity contribution in [1.82, 2.24) is 4.98 Å². The molecule has 0 spiro atoms. The minimum Gasteiger partial charge on any atom is -0.260 e. The standard InChI is InChI=1S/C17H20N2/c1-10-16(7-13(8-18)9-19-10)17-14-3-11-2-12(5-14)6-15(17)4-11/h7,9,11-12,14-15,17H,2-6H2,1H3. The van der Waals surface area contributed by atoms with Gasteiger partial charge in [0.1, 0.15) is 6.07 Å². The van der Waals surface area contributed by atoms with Gasteiger partial charge in [-0.3, -0.25) is 4.98 Å². The van der Waals surface area contributed by atoms with Gasteiger partial charge in [0.15, 0.2) is 0 Å². The predicted molar refractivity (Wildman–Crippen MR) is 73.5 cm³/mol.